The highest BCUT2D eigenvalue weighted by Crippen LogP contribution is 2.09. The predicted molar refractivity (Wildman–Crippen MR) is 50.2 cm³/mol. The third kappa shape index (κ3) is 2.11. The van der Waals surface area contributed by atoms with Gasteiger partial charge in [0, 0.05) is 24.9 Å². The maximum atomic E-state index is 9.22. The Hall–Kier alpha value is -0.760. The second-order valence-corrected chi connectivity index (χ2v) is 3.35. The first kappa shape index (κ1) is 9.33. The summed E-state index contributed by atoms with van der Waals surface area (Å²) in [7, 11) is 0. The number of hydrogen-bond donors (Lipinski definition) is 1. The van der Waals surface area contributed by atoms with Gasteiger partial charge in [0.1, 0.15) is 0 Å². The van der Waals surface area contributed by atoms with Gasteiger partial charge in [0.05, 0.1) is 6.10 Å². The minimum absolute atomic E-state index is 0.246. The molecule has 2 heteroatoms. The molecule has 0 saturated heterocycles. The molecule has 2 nitrogen and oxygen atoms in total. The molecular formula is C10H17NO. The Labute approximate surface area is 73.8 Å². The number of hydrogen-bond acceptors (Lipinski definition) is 1. The van der Waals surface area contributed by atoms with E-state index in [2.05, 4.69) is 30.7 Å². The van der Waals surface area contributed by atoms with E-state index < -0.39 is 0 Å². The van der Waals surface area contributed by atoms with Gasteiger partial charge < -0.3 is 9.67 Å². The SMILES string of the molecule is CCn1cc(C)cc1CC(C)O. The summed E-state index contributed by atoms with van der Waals surface area (Å²) in [5.41, 5.74) is 2.50. The van der Waals surface area contributed by atoms with Gasteiger partial charge in [0.2, 0.25) is 0 Å². The summed E-state index contributed by atoms with van der Waals surface area (Å²) in [6.45, 7) is 7.00. The lowest BCUT2D eigenvalue weighted by molar-refractivity contribution is 0.193. The molecule has 1 atom stereocenters. The van der Waals surface area contributed by atoms with Crippen LogP contribution in [0.5, 0.6) is 0 Å². The Bertz CT molecular complexity index is 250. The number of aryl methyl sites for hydroxylation is 2. The first-order valence-electron chi connectivity index (χ1n) is 4.47. The van der Waals surface area contributed by atoms with Crippen molar-refractivity contribution in [2.24, 2.45) is 0 Å². The summed E-state index contributed by atoms with van der Waals surface area (Å²) in [6, 6.07) is 2.14. The Morgan fingerprint density at radius 3 is 2.75 bits per heavy atom. The van der Waals surface area contributed by atoms with Crippen LogP contribution in [0.25, 0.3) is 0 Å². The Morgan fingerprint density at radius 1 is 1.58 bits per heavy atom. The van der Waals surface area contributed by atoms with Crippen molar-refractivity contribution in [3.8, 4) is 0 Å². The largest absolute Gasteiger partial charge is 0.393 e. The van der Waals surface area contributed by atoms with E-state index in [0.717, 1.165) is 13.0 Å². The molecular weight excluding hydrogens is 150 g/mol. The highest BCUT2D eigenvalue weighted by Gasteiger charge is 2.04. The average molecular weight is 167 g/mol. The zero-order valence-electron chi connectivity index (χ0n) is 8.04. The fourth-order valence-electron chi connectivity index (χ4n) is 1.48. The summed E-state index contributed by atoms with van der Waals surface area (Å²) >= 11 is 0. The quantitative estimate of drug-likeness (QED) is 0.728. The minimum Gasteiger partial charge on any atom is -0.393 e. The molecule has 1 N–H and O–H groups in total. The third-order valence-electron chi connectivity index (χ3n) is 1.97. The van der Waals surface area contributed by atoms with Gasteiger partial charge in [0.25, 0.3) is 0 Å². The Morgan fingerprint density at radius 2 is 2.25 bits per heavy atom. The zero-order valence-corrected chi connectivity index (χ0v) is 8.04. The topological polar surface area (TPSA) is 25.2 Å². The van der Waals surface area contributed by atoms with E-state index in [1.807, 2.05) is 6.92 Å². The molecule has 0 bridgehead atoms. The van der Waals surface area contributed by atoms with E-state index >= 15 is 0 Å². The van der Waals surface area contributed by atoms with E-state index in [0.29, 0.717) is 0 Å². The van der Waals surface area contributed by atoms with E-state index in [9.17, 15) is 5.11 Å². The predicted octanol–water partition coefficient (Wildman–Crippen LogP) is 1.74. The summed E-state index contributed by atoms with van der Waals surface area (Å²) in [6.07, 6.45) is 2.63. The number of aliphatic hydroxyl groups is 1. The molecule has 1 aromatic rings. The third-order valence-corrected chi connectivity index (χ3v) is 1.97. The molecule has 0 aromatic carbocycles. The Kier molecular flexibility index (Phi) is 2.93. The number of rotatable bonds is 3. The summed E-state index contributed by atoms with van der Waals surface area (Å²) < 4.78 is 2.18. The number of aromatic nitrogens is 1. The summed E-state index contributed by atoms with van der Waals surface area (Å²) in [5, 5.41) is 9.22. The first-order chi connectivity index (χ1) is 5.63. The normalized spacial score (nSPS) is 13.3. The van der Waals surface area contributed by atoms with Crippen LogP contribution in [0, 0.1) is 6.92 Å². The van der Waals surface area contributed by atoms with Gasteiger partial charge in [-0.1, -0.05) is 0 Å². The lowest BCUT2D eigenvalue weighted by atomic mass is 10.2. The molecule has 0 aliphatic carbocycles. The fraction of sp³-hybridized carbons (Fsp3) is 0.600. The molecule has 1 rings (SSSR count). The number of aliphatic hydroxyl groups excluding tert-OH is 1. The second kappa shape index (κ2) is 3.76. The fourth-order valence-corrected chi connectivity index (χ4v) is 1.48. The average Bonchev–Trinajstić information content (AvgIpc) is 2.29. The van der Waals surface area contributed by atoms with Gasteiger partial charge in [-0.25, -0.2) is 0 Å². The number of nitrogens with zero attached hydrogens (tertiary/aromatic N) is 1. The van der Waals surface area contributed by atoms with Gasteiger partial charge in [-0.15, -0.1) is 0 Å². The standard InChI is InChI=1S/C10H17NO/c1-4-11-7-8(2)5-10(11)6-9(3)12/h5,7,9,12H,4,6H2,1-3H3. The molecule has 12 heavy (non-hydrogen) atoms. The van der Waals surface area contributed by atoms with E-state index in [1.54, 1.807) is 0 Å². The highest BCUT2D eigenvalue weighted by molar-refractivity contribution is 5.17. The van der Waals surface area contributed by atoms with E-state index in [1.165, 1.54) is 11.3 Å². The summed E-state index contributed by atoms with van der Waals surface area (Å²) in [5.74, 6) is 0. The zero-order chi connectivity index (χ0) is 9.14. The second-order valence-electron chi connectivity index (χ2n) is 3.35. The molecule has 0 radical (unpaired) electrons. The highest BCUT2D eigenvalue weighted by atomic mass is 16.3. The van der Waals surface area contributed by atoms with Crippen LogP contribution >= 0.6 is 0 Å². The van der Waals surface area contributed by atoms with Gasteiger partial charge in [-0.05, 0) is 32.4 Å². The minimum atomic E-state index is -0.246. The molecule has 0 aliphatic rings. The maximum absolute atomic E-state index is 9.22. The molecule has 1 unspecified atom stereocenters. The monoisotopic (exact) mass is 167 g/mol. The van der Waals surface area contributed by atoms with Crippen LogP contribution in [-0.2, 0) is 13.0 Å². The van der Waals surface area contributed by atoms with Crippen LogP contribution in [0.3, 0.4) is 0 Å². The molecule has 0 spiro atoms. The molecule has 0 amide bonds. The summed E-state index contributed by atoms with van der Waals surface area (Å²) in [4.78, 5) is 0. The van der Waals surface area contributed by atoms with Crippen molar-refractivity contribution in [3.05, 3.63) is 23.5 Å². The molecule has 1 heterocycles. The van der Waals surface area contributed by atoms with Crippen LogP contribution < -0.4 is 0 Å². The maximum Gasteiger partial charge on any atom is 0.0566 e. The smallest absolute Gasteiger partial charge is 0.0566 e. The first-order valence-corrected chi connectivity index (χ1v) is 4.47. The van der Waals surface area contributed by atoms with Crippen molar-refractivity contribution in [1.82, 2.24) is 4.57 Å². The van der Waals surface area contributed by atoms with Crippen molar-refractivity contribution < 1.29 is 5.11 Å². The molecule has 0 fully saturated rings. The van der Waals surface area contributed by atoms with Crippen molar-refractivity contribution in [2.75, 3.05) is 0 Å². The van der Waals surface area contributed by atoms with E-state index in [4.69, 9.17) is 0 Å². The van der Waals surface area contributed by atoms with Gasteiger partial charge in [-0.3, -0.25) is 0 Å². The lowest BCUT2D eigenvalue weighted by Crippen LogP contribution is -2.08. The van der Waals surface area contributed by atoms with Crippen molar-refractivity contribution >= 4 is 0 Å². The molecule has 1 aromatic heterocycles. The van der Waals surface area contributed by atoms with Crippen molar-refractivity contribution in [3.63, 3.8) is 0 Å². The Balaban J connectivity index is 2.81. The van der Waals surface area contributed by atoms with Gasteiger partial charge >= 0.3 is 0 Å². The van der Waals surface area contributed by atoms with Crippen LogP contribution in [0.2, 0.25) is 0 Å². The van der Waals surface area contributed by atoms with Crippen LogP contribution in [-0.4, -0.2) is 15.8 Å². The van der Waals surface area contributed by atoms with Gasteiger partial charge in [-0.2, -0.15) is 0 Å². The lowest BCUT2D eigenvalue weighted by Gasteiger charge is -2.07. The van der Waals surface area contributed by atoms with Gasteiger partial charge in [0.15, 0.2) is 0 Å². The van der Waals surface area contributed by atoms with Crippen LogP contribution in [0.15, 0.2) is 12.3 Å². The van der Waals surface area contributed by atoms with Crippen molar-refractivity contribution in [2.45, 2.75) is 39.8 Å². The molecule has 0 aliphatic heterocycles. The van der Waals surface area contributed by atoms with Crippen molar-refractivity contribution in [1.29, 1.82) is 0 Å². The van der Waals surface area contributed by atoms with Crippen LogP contribution in [0.1, 0.15) is 25.1 Å². The van der Waals surface area contributed by atoms with E-state index in [-0.39, 0.29) is 6.10 Å². The molecule has 0 saturated carbocycles. The molecule has 68 valence electrons. The van der Waals surface area contributed by atoms with Crippen LogP contribution in [0.4, 0.5) is 0 Å².